The molecule has 0 bridgehead atoms. The molecule has 3 amide bonds. The number of nitrogens with one attached hydrogen (secondary N) is 4. The van der Waals surface area contributed by atoms with Crippen LogP contribution < -0.4 is 30.7 Å². The fraction of sp³-hybridized carbons (Fsp3) is 0.481. The maximum atomic E-state index is 13.7. The molecule has 0 aliphatic carbocycles. The molecule has 4 saturated heterocycles. The number of nitrogens with two attached hydrogens (primary N) is 1. The summed E-state index contributed by atoms with van der Waals surface area (Å²) >= 11 is 24.5. The van der Waals surface area contributed by atoms with Crippen LogP contribution in [0.2, 0.25) is 20.4 Å². The molecule has 434 valence electrons. The number of ether oxygens (including phenoxy) is 1. The van der Waals surface area contributed by atoms with Crippen molar-refractivity contribution in [1.82, 2.24) is 49.6 Å². The van der Waals surface area contributed by atoms with E-state index >= 15 is 0 Å². The van der Waals surface area contributed by atoms with Crippen LogP contribution in [0.25, 0.3) is 11.3 Å². The van der Waals surface area contributed by atoms with E-state index in [2.05, 4.69) is 35.1 Å². The Balaban J connectivity index is 0.000000191. The molecule has 8 heterocycles. The molecule has 0 spiro atoms. The molecule has 4 fully saturated rings. The zero-order chi connectivity index (χ0) is 57.8. The average molecular weight is 1220 g/mol. The van der Waals surface area contributed by atoms with Crippen LogP contribution in [0.15, 0.2) is 60.7 Å². The van der Waals surface area contributed by atoms with Crippen molar-refractivity contribution >= 4 is 113 Å². The van der Waals surface area contributed by atoms with Gasteiger partial charge in [-0.05, 0) is 122 Å². The Labute approximate surface area is 486 Å². The van der Waals surface area contributed by atoms with Crippen molar-refractivity contribution in [3.63, 3.8) is 0 Å². The van der Waals surface area contributed by atoms with Gasteiger partial charge < -0.3 is 35.8 Å². The van der Waals surface area contributed by atoms with E-state index in [0.717, 1.165) is 106 Å². The van der Waals surface area contributed by atoms with Gasteiger partial charge >= 0.3 is 6.09 Å². The number of hydrogen-bond acceptors (Lipinski definition) is 15. The van der Waals surface area contributed by atoms with E-state index < -0.39 is 25.6 Å². The molecule has 0 radical (unpaired) electrons. The van der Waals surface area contributed by atoms with Crippen LogP contribution in [0.1, 0.15) is 123 Å². The van der Waals surface area contributed by atoms with Crippen LogP contribution in [0, 0.1) is 6.92 Å². The predicted molar refractivity (Wildman–Crippen MR) is 313 cm³/mol. The summed E-state index contributed by atoms with van der Waals surface area (Å²) in [7, 11) is -7.16. The lowest BCUT2D eigenvalue weighted by molar-refractivity contribution is 0.0507. The van der Waals surface area contributed by atoms with Crippen molar-refractivity contribution < 1.29 is 37.4 Å². The quantitative estimate of drug-likeness (QED) is 0.0804. The third kappa shape index (κ3) is 15.6. The fourth-order valence-electron chi connectivity index (χ4n) is 10.0. The highest BCUT2D eigenvalue weighted by molar-refractivity contribution is 7.92. The molecule has 4 atom stereocenters. The number of fused-ring (bicyclic) bond motifs is 2. The summed E-state index contributed by atoms with van der Waals surface area (Å²) < 4.78 is 60.6. The number of aryl methyl sites for hydroxylation is 1. The number of hydrogen-bond donors (Lipinski definition) is 5. The maximum absolute atomic E-state index is 13.7. The van der Waals surface area contributed by atoms with Gasteiger partial charge in [0.2, 0.25) is 20.0 Å². The highest BCUT2D eigenvalue weighted by atomic mass is 35.5. The number of anilines is 3. The number of aromatic nitrogens is 6. The lowest BCUT2D eigenvalue weighted by Gasteiger charge is -2.35. The van der Waals surface area contributed by atoms with Crippen LogP contribution in [-0.2, 0) is 24.8 Å². The molecule has 6 aromatic rings. The van der Waals surface area contributed by atoms with E-state index in [9.17, 15) is 31.2 Å². The maximum Gasteiger partial charge on any atom is 0.407 e. The molecule has 80 heavy (non-hydrogen) atoms. The predicted octanol–water partition coefficient (Wildman–Crippen LogP) is 8.51. The van der Waals surface area contributed by atoms with E-state index in [1.54, 1.807) is 21.9 Å². The van der Waals surface area contributed by atoms with Gasteiger partial charge in [0.05, 0.1) is 58.5 Å². The van der Waals surface area contributed by atoms with E-state index in [4.69, 9.17) is 67.0 Å². The second-order valence-electron chi connectivity index (χ2n) is 21.3. The number of amides is 3. The van der Waals surface area contributed by atoms with Gasteiger partial charge in [-0.15, -0.1) is 0 Å². The summed E-state index contributed by atoms with van der Waals surface area (Å²) in [6.45, 7) is 12.1. The van der Waals surface area contributed by atoms with Gasteiger partial charge in [0.25, 0.3) is 11.8 Å². The number of carbonyl (C=O) groups excluding carboxylic acids is 3. The monoisotopic (exact) mass is 1220 g/mol. The van der Waals surface area contributed by atoms with Crippen molar-refractivity contribution in [3.8, 4) is 0 Å². The second kappa shape index (κ2) is 25.2. The third-order valence-corrected chi connectivity index (χ3v) is 15.7. The van der Waals surface area contributed by atoms with Gasteiger partial charge in [0, 0.05) is 86.2 Å². The molecule has 4 aliphatic rings. The Morgan fingerprint density at radius 1 is 0.713 bits per heavy atom. The fourth-order valence-corrected chi connectivity index (χ4v) is 12.0. The van der Waals surface area contributed by atoms with E-state index in [1.165, 1.54) is 40.9 Å². The zero-order valence-electron chi connectivity index (χ0n) is 45.2. The number of benzene rings is 2. The molecule has 10 rings (SSSR count). The summed E-state index contributed by atoms with van der Waals surface area (Å²) in [5.41, 5.74) is 9.99. The number of rotatable bonds is 10. The first kappa shape index (κ1) is 60.4. The first-order chi connectivity index (χ1) is 37.7. The van der Waals surface area contributed by atoms with Crippen molar-refractivity contribution in [2.24, 2.45) is 5.73 Å². The second-order valence-corrected chi connectivity index (χ2v) is 26.5. The largest absolute Gasteiger partial charge is 0.444 e. The highest BCUT2D eigenvalue weighted by Crippen LogP contribution is 2.37. The van der Waals surface area contributed by atoms with Crippen LogP contribution >= 0.6 is 46.4 Å². The molecule has 4 aromatic heterocycles. The van der Waals surface area contributed by atoms with Crippen molar-refractivity contribution in [3.05, 3.63) is 109 Å². The summed E-state index contributed by atoms with van der Waals surface area (Å²) in [5, 5.41) is 16.6. The zero-order valence-corrected chi connectivity index (χ0v) is 49.8. The molecule has 0 saturated carbocycles. The molecule has 0 unspecified atom stereocenters. The summed E-state index contributed by atoms with van der Waals surface area (Å²) in [5.74, 6) is 0.251. The van der Waals surface area contributed by atoms with Crippen LogP contribution in [0.5, 0.6) is 0 Å². The number of likely N-dealkylation sites (tertiary alicyclic amines) is 2. The number of carbonyl (C=O) groups is 3. The molecule has 2 aromatic carbocycles. The van der Waals surface area contributed by atoms with Gasteiger partial charge in [-0.1, -0.05) is 46.4 Å². The minimum atomic E-state index is -3.58. The Bertz CT molecular complexity index is 3510. The van der Waals surface area contributed by atoms with Gasteiger partial charge in [-0.2, -0.15) is 10.2 Å². The Kier molecular flexibility index (Phi) is 19.0. The lowest BCUT2D eigenvalue weighted by atomic mass is 9.98. The number of sulfonamides is 2. The Morgan fingerprint density at radius 3 is 1.74 bits per heavy atom. The third-order valence-electron chi connectivity index (χ3n) is 13.5. The molecule has 28 heteroatoms. The van der Waals surface area contributed by atoms with Crippen molar-refractivity contribution in [2.75, 3.05) is 66.1 Å². The average Bonchev–Trinajstić information content (AvgIpc) is 4.43. The Morgan fingerprint density at radius 2 is 1.25 bits per heavy atom. The lowest BCUT2D eigenvalue weighted by Crippen LogP contribution is -2.40. The van der Waals surface area contributed by atoms with E-state index in [0.29, 0.717) is 46.0 Å². The standard InChI is InChI=1S/C24H30ClN7O3S.C19H18Cl3N5O3S.C9H18N2O2.H2/c1-15-11-22(30-10-8-17(26)14-30)27-23-13-20(28-32(15)23)21-5-3-4-9-31(21)24(33)18-12-16(25)6-7-19(18)29-36(2,34)35;1-31(29,30)25-13-6-5-11(20)8-12(13)19(28)26-7-3-2-4-15(26)14-9-18-23-16(21)10-17(22)27(18)24-14;1-9(2,3)13-8(12)11-7-4-5-10-6-7;/h6-7,11-13,17,21,29H,3-5,8-10,14,26H2,1-2H3;5-6,8-10,15,25H,2-4,7H2,1H3;7,10H,4-6H2,1-3H3,(H,11,12);1H/t17-,21-;15-;7-;/m000./s1. The SMILES string of the molecule is CC(C)(C)OC(=O)N[C@H]1CCNC1.CS(=O)(=O)Nc1ccc(Cl)cc1C(=O)N1CCCC[C@H]1c1cc2nc(Cl)cc(Cl)n2n1.Cc1cc(N2CC[C@H](N)C2)nc2cc([C@@H]3CCCCN3C(=O)c3cc(Cl)ccc3NS(C)(=O)=O)nn12.[HH]. The van der Waals surface area contributed by atoms with E-state index in [-0.39, 0.29) is 71.2 Å². The first-order valence-corrected chi connectivity index (χ1v) is 31.4. The van der Waals surface area contributed by atoms with Gasteiger partial charge in [0.1, 0.15) is 21.7 Å². The topological polar surface area (TPSA) is 273 Å². The first-order valence-electron chi connectivity index (χ1n) is 26.1. The molecule has 6 N–H and O–H groups in total. The Hall–Kier alpha value is -5.73. The number of alkyl carbamates (subject to hydrolysis) is 1. The summed E-state index contributed by atoms with van der Waals surface area (Å²) in [6.07, 6.45) is 8.65. The van der Waals surface area contributed by atoms with E-state index in [1.807, 2.05) is 44.3 Å². The number of nitrogens with zero attached hydrogens (tertiary/aromatic N) is 9. The molecular weight excluding hydrogens is 1150 g/mol. The molecule has 4 aliphatic heterocycles. The number of piperidine rings is 2. The van der Waals surface area contributed by atoms with Crippen molar-refractivity contribution in [1.29, 1.82) is 0 Å². The normalized spacial score (nSPS) is 19.7. The van der Waals surface area contributed by atoms with Crippen LogP contribution in [0.4, 0.5) is 22.0 Å². The van der Waals surface area contributed by atoms with Gasteiger partial charge in [-0.25, -0.2) is 40.6 Å². The van der Waals surface area contributed by atoms with Crippen molar-refractivity contribution in [2.45, 2.75) is 109 Å². The van der Waals surface area contributed by atoms with Gasteiger partial charge in [0.15, 0.2) is 11.3 Å². The van der Waals surface area contributed by atoms with Gasteiger partial charge in [-0.3, -0.25) is 19.0 Å². The van der Waals surface area contributed by atoms with Crippen LogP contribution in [0.3, 0.4) is 0 Å². The van der Waals surface area contributed by atoms with Crippen LogP contribution in [-0.4, -0.2) is 143 Å². The number of halogens is 4. The summed E-state index contributed by atoms with van der Waals surface area (Å²) in [4.78, 5) is 53.2. The molecular formula is C52H68Cl4N14O8S2. The molecule has 22 nitrogen and oxygen atoms in total. The minimum absolute atomic E-state index is 0. The smallest absolute Gasteiger partial charge is 0.407 e. The minimum Gasteiger partial charge on any atom is -0.444 e. The summed E-state index contributed by atoms with van der Waals surface area (Å²) in [6, 6.07) is 16.0. The highest BCUT2D eigenvalue weighted by Gasteiger charge is 2.35.